The van der Waals surface area contributed by atoms with E-state index in [1.54, 1.807) is 26.8 Å². The summed E-state index contributed by atoms with van der Waals surface area (Å²) < 4.78 is 0. The van der Waals surface area contributed by atoms with Gasteiger partial charge in [-0.3, -0.25) is 4.79 Å². The van der Waals surface area contributed by atoms with Crippen LogP contribution in [-0.4, -0.2) is 28.1 Å². The molecule has 6 nitrogen and oxygen atoms in total. The third kappa shape index (κ3) is 3.39. The number of carbonyl (C=O) groups excluding carboxylic acids is 1. The van der Waals surface area contributed by atoms with Crippen molar-refractivity contribution >= 4 is 34.3 Å². The Morgan fingerprint density at radius 2 is 1.59 bits per heavy atom. The van der Waals surface area contributed by atoms with E-state index < -0.39 is 17.4 Å². The summed E-state index contributed by atoms with van der Waals surface area (Å²) in [5.41, 5.74) is 0.962. The number of carbonyl (C=O) groups is 3. The maximum atomic E-state index is 12.4. The fourth-order valence-corrected chi connectivity index (χ4v) is 3.59. The maximum absolute atomic E-state index is 12.4. The molecule has 0 saturated carbocycles. The lowest BCUT2D eigenvalue weighted by molar-refractivity contribution is -0.123. The maximum Gasteiger partial charge on any atom is 0.338 e. The van der Waals surface area contributed by atoms with Crippen LogP contribution in [0.5, 0.6) is 0 Å². The van der Waals surface area contributed by atoms with Gasteiger partial charge in [-0.05, 0) is 48.3 Å². The van der Waals surface area contributed by atoms with Crippen LogP contribution >= 0.6 is 0 Å². The van der Waals surface area contributed by atoms with Crippen LogP contribution in [0.4, 0.5) is 5.69 Å². The summed E-state index contributed by atoms with van der Waals surface area (Å²) in [4.78, 5) is 36.5. The van der Waals surface area contributed by atoms with E-state index in [1.165, 1.54) is 6.07 Å². The average molecular weight is 369 g/mol. The fraction of sp³-hybridized carbons (Fsp3) is 0.381. The summed E-state index contributed by atoms with van der Waals surface area (Å²) in [7, 11) is 0. The van der Waals surface area contributed by atoms with Gasteiger partial charge >= 0.3 is 11.9 Å². The van der Waals surface area contributed by atoms with E-state index >= 15 is 0 Å². The highest BCUT2D eigenvalue weighted by atomic mass is 16.4. The van der Waals surface area contributed by atoms with Crippen LogP contribution in [0.15, 0.2) is 18.2 Å². The summed E-state index contributed by atoms with van der Waals surface area (Å²) in [5.74, 6) is -2.73. The van der Waals surface area contributed by atoms with Crippen LogP contribution in [0.1, 0.15) is 65.5 Å². The number of anilines is 1. The molecule has 1 aliphatic rings. The molecule has 1 aliphatic carbocycles. The molecule has 6 heteroatoms. The molecule has 142 valence electrons. The molecule has 2 aromatic rings. The lowest BCUT2D eigenvalue weighted by Gasteiger charge is -2.23. The van der Waals surface area contributed by atoms with Gasteiger partial charge in [-0.2, -0.15) is 0 Å². The van der Waals surface area contributed by atoms with Gasteiger partial charge in [0.05, 0.1) is 16.8 Å². The number of amides is 1. The molecule has 0 aromatic heterocycles. The molecule has 3 N–H and O–H groups in total. The van der Waals surface area contributed by atoms with Crippen LogP contribution in [0.2, 0.25) is 0 Å². The van der Waals surface area contributed by atoms with Gasteiger partial charge in [-0.1, -0.05) is 32.9 Å². The molecule has 0 bridgehead atoms. The first-order valence-electron chi connectivity index (χ1n) is 9.00. The Morgan fingerprint density at radius 1 is 0.963 bits per heavy atom. The van der Waals surface area contributed by atoms with Crippen LogP contribution in [-0.2, 0) is 17.6 Å². The molecule has 0 aliphatic heterocycles. The van der Waals surface area contributed by atoms with Gasteiger partial charge in [0.1, 0.15) is 0 Å². The standard InChI is InChI=1S/C21H23NO5/c1-21(2,3)20(27)22-14-9-8-12-10-11-6-4-5-7-13(11)16(18(23)24)15(12)17(14)19(25)26/h8-10H,4-7H2,1-3H3,(H,22,27)(H,23,24)(H,25,26). The number of hydrogen-bond acceptors (Lipinski definition) is 3. The molecule has 0 unspecified atom stereocenters. The first kappa shape index (κ1) is 18.9. The Hall–Kier alpha value is -2.89. The number of nitrogens with one attached hydrogen (secondary N) is 1. The molecule has 2 aromatic carbocycles. The molecule has 27 heavy (non-hydrogen) atoms. The second-order valence-electron chi connectivity index (χ2n) is 8.00. The predicted molar refractivity (Wildman–Crippen MR) is 103 cm³/mol. The summed E-state index contributed by atoms with van der Waals surface area (Å²) in [6.07, 6.45) is 3.27. The van der Waals surface area contributed by atoms with Crippen molar-refractivity contribution in [1.82, 2.24) is 0 Å². The number of aromatic carboxylic acids is 2. The minimum absolute atomic E-state index is 0.0476. The molecule has 0 spiro atoms. The summed E-state index contributed by atoms with van der Waals surface area (Å²) in [5, 5.41) is 23.1. The van der Waals surface area contributed by atoms with Gasteiger partial charge in [0.25, 0.3) is 0 Å². The summed E-state index contributed by atoms with van der Waals surface area (Å²) in [6, 6.07) is 5.11. The molecule has 0 heterocycles. The molecule has 3 rings (SSSR count). The minimum Gasteiger partial charge on any atom is -0.478 e. The largest absolute Gasteiger partial charge is 0.478 e. The second kappa shape index (κ2) is 6.68. The number of rotatable bonds is 3. The number of carboxylic acids is 2. The van der Waals surface area contributed by atoms with E-state index in [4.69, 9.17) is 0 Å². The number of fused-ring (bicyclic) bond motifs is 2. The predicted octanol–water partition coefficient (Wildman–Crippen LogP) is 4.10. The van der Waals surface area contributed by atoms with Gasteiger partial charge in [0.2, 0.25) is 5.91 Å². The van der Waals surface area contributed by atoms with E-state index in [0.29, 0.717) is 17.4 Å². The average Bonchev–Trinajstić information content (AvgIpc) is 2.58. The van der Waals surface area contributed by atoms with E-state index in [-0.39, 0.29) is 28.1 Å². The van der Waals surface area contributed by atoms with Gasteiger partial charge in [-0.15, -0.1) is 0 Å². The SMILES string of the molecule is CC(C)(C)C(=O)Nc1ccc2cc3c(c(C(=O)O)c2c1C(=O)O)CCCC3. The monoisotopic (exact) mass is 369 g/mol. The molecular formula is C21H23NO5. The highest BCUT2D eigenvalue weighted by molar-refractivity contribution is 6.18. The molecule has 0 saturated heterocycles. The van der Waals surface area contributed by atoms with E-state index in [9.17, 15) is 24.6 Å². The Kier molecular flexibility index (Phi) is 4.68. The van der Waals surface area contributed by atoms with Crippen molar-refractivity contribution in [3.8, 4) is 0 Å². The van der Waals surface area contributed by atoms with Gasteiger partial charge in [0, 0.05) is 10.8 Å². The van der Waals surface area contributed by atoms with Crippen LogP contribution in [0.3, 0.4) is 0 Å². The van der Waals surface area contributed by atoms with Crippen LogP contribution < -0.4 is 5.32 Å². The first-order chi connectivity index (χ1) is 12.6. The van der Waals surface area contributed by atoms with Gasteiger partial charge < -0.3 is 15.5 Å². The fourth-order valence-electron chi connectivity index (χ4n) is 3.59. The van der Waals surface area contributed by atoms with E-state index in [2.05, 4.69) is 5.32 Å². The van der Waals surface area contributed by atoms with Gasteiger partial charge in [0.15, 0.2) is 0 Å². The third-order valence-electron chi connectivity index (χ3n) is 4.99. The zero-order valence-corrected chi connectivity index (χ0v) is 15.7. The Labute approximate surface area is 157 Å². The normalized spacial score (nSPS) is 13.9. The third-order valence-corrected chi connectivity index (χ3v) is 4.99. The van der Waals surface area contributed by atoms with Crippen molar-refractivity contribution < 1.29 is 24.6 Å². The van der Waals surface area contributed by atoms with Crippen LogP contribution in [0.25, 0.3) is 10.8 Å². The highest BCUT2D eigenvalue weighted by Crippen LogP contribution is 2.36. The van der Waals surface area contributed by atoms with Crippen molar-refractivity contribution in [1.29, 1.82) is 0 Å². The first-order valence-corrected chi connectivity index (χ1v) is 9.00. The lowest BCUT2D eigenvalue weighted by atomic mass is 9.83. The number of aryl methyl sites for hydroxylation is 1. The molecule has 0 radical (unpaired) electrons. The van der Waals surface area contributed by atoms with Crippen molar-refractivity contribution in [2.24, 2.45) is 5.41 Å². The molecule has 0 atom stereocenters. The lowest BCUT2D eigenvalue weighted by Crippen LogP contribution is -2.28. The smallest absolute Gasteiger partial charge is 0.338 e. The molecule has 0 fully saturated rings. The Balaban J connectivity index is 2.34. The summed E-state index contributed by atoms with van der Waals surface area (Å²) >= 11 is 0. The van der Waals surface area contributed by atoms with Crippen molar-refractivity contribution in [3.05, 3.63) is 40.5 Å². The quantitative estimate of drug-likeness (QED) is 0.756. The molecular weight excluding hydrogens is 346 g/mol. The highest BCUT2D eigenvalue weighted by Gasteiger charge is 2.28. The minimum atomic E-state index is -1.26. The van der Waals surface area contributed by atoms with Crippen molar-refractivity contribution in [3.63, 3.8) is 0 Å². The summed E-state index contributed by atoms with van der Waals surface area (Å²) in [6.45, 7) is 5.18. The van der Waals surface area contributed by atoms with E-state index in [1.807, 2.05) is 6.07 Å². The molecule has 1 amide bonds. The second-order valence-corrected chi connectivity index (χ2v) is 8.00. The zero-order chi connectivity index (χ0) is 19.9. The topological polar surface area (TPSA) is 104 Å². The van der Waals surface area contributed by atoms with Crippen molar-refractivity contribution in [2.45, 2.75) is 46.5 Å². The Bertz CT molecular complexity index is 969. The van der Waals surface area contributed by atoms with Gasteiger partial charge in [-0.25, -0.2) is 9.59 Å². The van der Waals surface area contributed by atoms with Crippen molar-refractivity contribution in [2.75, 3.05) is 5.32 Å². The zero-order valence-electron chi connectivity index (χ0n) is 15.7. The number of carboxylic acid groups (broad SMARTS) is 2. The van der Waals surface area contributed by atoms with E-state index in [0.717, 1.165) is 24.8 Å². The Morgan fingerprint density at radius 3 is 2.19 bits per heavy atom. The number of hydrogen-bond donors (Lipinski definition) is 3. The van der Waals surface area contributed by atoms with Crippen LogP contribution in [0, 0.1) is 5.41 Å². The number of benzene rings is 2.